The smallest absolute Gasteiger partial charge is 0.251 e. The summed E-state index contributed by atoms with van der Waals surface area (Å²) in [5.74, 6) is 0.297. The molecular formula is C29H35ClN4O2. The number of nitrogens with zero attached hydrogens (tertiary/aromatic N) is 2. The molecule has 0 aliphatic rings. The van der Waals surface area contributed by atoms with E-state index >= 15 is 0 Å². The van der Waals surface area contributed by atoms with Crippen LogP contribution in [0.4, 0.5) is 5.69 Å². The number of hydrogen-bond donors (Lipinski definition) is 2. The van der Waals surface area contributed by atoms with Crippen LogP contribution in [-0.2, 0) is 11.2 Å². The van der Waals surface area contributed by atoms with Gasteiger partial charge in [-0.25, -0.2) is 0 Å². The molecule has 0 aliphatic heterocycles. The van der Waals surface area contributed by atoms with Crippen molar-refractivity contribution in [1.82, 2.24) is 5.32 Å². The van der Waals surface area contributed by atoms with E-state index < -0.39 is 6.04 Å². The molecule has 6 nitrogen and oxygen atoms in total. The number of aryl methyl sites for hydroxylation is 2. The van der Waals surface area contributed by atoms with E-state index in [1.807, 2.05) is 74.4 Å². The first-order valence-electron chi connectivity index (χ1n) is 12.2. The molecular weight excluding hydrogens is 472 g/mol. The Hall–Kier alpha value is -3.38. The van der Waals surface area contributed by atoms with Crippen LogP contribution < -0.4 is 16.0 Å². The van der Waals surface area contributed by atoms with E-state index in [2.05, 4.69) is 16.4 Å². The number of hydrogen-bond acceptors (Lipinski definition) is 4. The minimum Gasteiger partial charge on any atom is -0.386 e. The summed E-state index contributed by atoms with van der Waals surface area (Å²) in [6.07, 6.45) is 2.08. The first-order chi connectivity index (χ1) is 17.3. The molecule has 3 N–H and O–H groups in total. The highest BCUT2D eigenvalue weighted by molar-refractivity contribution is 6.27. The standard InChI is InChI=1S/C29H35ClN4O2/c1-20-6-8-21(9-7-20)10-15-27(35)26(5-4-16-32-28(31)19-30)33-29(36)24-12-11-23-18-25(34(2)3)14-13-22(23)17-24/h6-9,11-14,17-18,26H,4-5,10,15-16,19H2,1-3H3,(H2,31,32)(H,33,36)/t26-/m0/s1. The zero-order valence-corrected chi connectivity index (χ0v) is 22.0. The molecule has 0 bridgehead atoms. The third kappa shape index (κ3) is 7.82. The minimum absolute atomic E-state index is 0.00892. The predicted molar refractivity (Wildman–Crippen MR) is 150 cm³/mol. The number of amides is 1. The highest BCUT2D eigenvalue weighted by atomic mass is 35.5. The number of fused-ring (bicyclic) bond motifs is 1. The molecule has 3 aromatic rings. The van der Waals surface area contributed by atoms with Gasteiger partial charge in [-0.2, -0.15) is 0 Å². The number of nitrogens with two attached hydrogens (primary N) is 1. The maximum Gasteiger partial charge on any atom is 0.251 e. The molecule has 1 amide bonds. The topological polar surface area (TPSA) is 87.8 Å². The Morgan fingerprint density at radius 3 is 2.42 bits per heavy atom. The van der Waals surface area contributed by atoms with Gasteiger partial charge in [-0.05, 0) is 66.8 Å². The van der Waals surface area contributed by atoms with Crippen LogP contribution in [0.2, 0.25) is 0 Å². The third-order valence-corrected chi connectivity index (χ3v) is 6.45. The highest BCUT2D eigenvalue weighted by Crippen LogP contribution is 2.22. The van der Waals surface area contributed by atoms with Crippen molar-refractivity contribution in [1.29, 1.82) is 0 Å². The Balaban J connectivity index is 1.71. The minimum atomic E-state index is -0.595. The first kappa shape index (κ1) is 27.2. The second-order valence-electron chi connectivity index (χ2n) is 9.27. The van der Waals surface area contributed by atoms with Gasteiger partial charge in [-0.3, -0.25) is 14.6 Å². The fourth-order valence-corrected chi connectivity index (χ4v) is 4.05. The van der Waals surface area contributed by atoms with E-state index in [4.69, 9.17) is 17.3 Å². The fraction of sp³-hybridized carbons (Fsp3) is 0.345. The lowest BCUT2D eigenvalue weighted by atomic mass is 9.99. The lowest BCUT2D eigenvalue weighted by Gasteiger charge is -2.18. The predicted octanol–water partition coefficient (Wildman–Crippen LogP) is 4.89. The summed E-state index contributed by atoms with van der Waals surface area (Å²) < 4.78 is 0. The Morgan fingerprint density at radius 2 is 1.72 bits per heavy atom. The number of aliphatic imine (C=N–C) groups is 1. The van der Waals surface area contributed by atoms with Gasteiger partial charge in [-0.15, -0.1) is 11.6 Å². The van der Waals surface area contributed by atoms with Crippen molar-refractivity contribution in [2.45, 2.75) is 38.6 Å². The zero-order valence-electron chi connectivity index (χ0n) is 21.3. The Bertz CT molecular complexity index is 1220. The monoisotopic (exact) mass is 506 g/mol. The lowest BCUT2D eigenvalue weighted by molar-refractivity contribution is -0.121. The van der Waals surface area contributed by atoms with Gasteiger partial charge in [0.15, 0.2) is 5.78 Å². The lowest BCUT2D eigenvalue weighted by Crippen LogP contribution is -2.41. The van der Waals surface area contributed by atoms with Crippen molar-refractivity contribution in [2.75, 3.05) is 31.4 Å². The van der Waals surface area contributed by atoms with Crippen LogP contribution in [0, 0.1) is 6.92 Å². The summed E-state index contributed by atoms with van der Waals surface area (Å²) in [5, 5.41) is 5.00. The van der Waals surface area contributed by atoms with Crippen molar-refractivity contribution >= 4 is 45.6 Å². The number of nitrogens with one attached hydrogen (secondary N) is 1. The van der Waals surface area contributed by atoms with E-state index in [0.717, 1.165) is 22.0 Å². The molecule has 3 aromatic carbocycles. The van der Waals surface area contributed by atoms with Crippen LogP contribution in [0.15, 0.2) is 65.7 Å². The summed E-state index contributed by atoms with van der Waals surface area (Å²) in [4.78, 5) is 32.5. The summed E-state index contributed by atoms with van der Waals surface area (Å²) >= 11 is 5.69. The molecule has 0 fully saturated rings. The maximum atomic E-state index is 13.1. The van der Waals surface area contributed by atoms with Crippen LogP contribution in [0.5, 0.6) is 0 Å². The van der Waals surface area contributed by atoms with Gasteiger partial charge in [0.05, 0.1) is 11.9 Å². The normalized spacial score (nSPS) is 12.4. The van der Waals surface area contributed by atoms with Gasteiger partial charge in [0.2, 0.25) is 0 Å². The number of carbonyl (C=O) groups excluding carboxylic acids is 2. The van der Waals surface area contributed by atoms with E-state index in [9.17, 15) is 9.59 Å². The largest absolute Gasteiger partial charge is 0.386 e. The number of carbonyl (C=O) groups is 2. The average Bonchev–Trinajstić information content (AvgIpc) is 2.88. The quantitative estimate of drug-likeness (QED) is 0.158. The van der Waals surface area contributed by atoms with E-state index in [0.29, 0.717) is 43.6 Å². The van der Waals surface area contributed by atoms with E-state index in [1.165, 1.54) is 5.56 Å². The zero-order chi connectivity index (χ0) is 26.1. The number of Topliss-reactive ketones (excluding diaryl/α,β-unsaturated/α-hetero) is 1. The van der Waals surface area contributed by atoms with Crippen molar-refractivity contribution in [2.24, 2.45) is 10.7 Å². The highest BCUT2D eigenvalue weighted by Gasteiger charge is 2.21. The number of alkyl halides is 1. The average molecular weight is 507 g/mol. The number of anilines is 1. The van der Waals surface area contributed by atoms with Crippen molar-refractivity contribution in [3.8, 4) is 0 Å². The SMILES string of the molecule is Cc1ccc(CCC(=O)[C@H](CCCN=C(N)CCl)NC(=O)c2ccc3cc(N(C)C)ccc3c2)cc1. The third-order valence-electron chi connectivity index (χ3n) is 6.18. The van der Waals surface area contributed by atoms with Crippen LogP contribution >= 0.6 is 11.6 Å². The molecule has 1 atom stereocenters. The molecule has 0 saturated heterocycles. The van der Waals surface area contributed by atoms with Gasteiger partial charge in [0.1, 0.15) is 5.84 Å². The number of ketones is 1. The van der Waals surface area contributed by atoms with Crippen molar-refractivity contribution in [3.05, 3.63) is 77.4 Å². The summed E-state index contributed by atoms with van der Waals surface area (Å²) in [6, 6.07) is 19.3. The Kier molecular flexibility index (Phi) is 9.88. The van der Waals surface area contributed by atoms with Crippen molar-refractivity contribution in [3.63, 3.8) is 0 Å². The maximum absolute atomic E-state index is 13.1. The molecule has 7 heteroatoms. The molecule has 0 aromatic heterocycles. The molecule has 0 heterocycles. The molecule has 36 heavy (non-hydrogen) atoms. The van der Waals surface area contributed by atoms with E-state index in [-0.39, 0.29) is 17.6 Å². The summed E-state index contributed by atoms with van der Waals surface area (Å²) in [7, 11) is 3.99. The Labute approximate surface area is 218 Å². The van der Waals surface area contributed by atoms with Gasteiger partial charge < -0.3 is 16.0 Å². The number of amidine groups is 1. The van der Waals surface area contributed by atoms with Crippen LogP contribution in [0.3, 0.4) is 0 Å². The summed E-state index contributed by atoms with van der Waals surface area (Å²) in [5.41, 5.74) is 9.58. The van der Waals surface area contributed by atoms with Crippen LogP contribution in [-0.4, -0.2) is 50.1 Å². The molecule has 0 spiro atoms. The molecule has 3 rings (SSSR count). The summed E-state index contributed by atoms with van der Waals surface area (Å²) in [6.45, 7) is 2.49. The Morgan fingerprint density at radius 1 is 1.03 bits per heavy atom. The van der Waals surface area contributed by atoms with Crippen LogP contribution in [0.25, 0.3) is 10.8 Å². The van der Waals surface area contributed by atoms with Gasteiger partial charge in [0.25, 0.3) is 5.91 Å². The van der Waals surface area contributed by atoms with Gasteiger partial charge in [-0.1, -0.05) is 42.0 Å². The molecule has 0 saturated carbocycles. The van der Waals surface area contributed by atoms with Gasteiger partial charge in [0, 0.05) is 38.3 Å². The first-order valence-corrected chi connectivity index (χ1v) is 12.8. The molecule has 0 aliphatic carbocycles. The van der Waals surface area contributed by atoms with Crippen molar-refractivity contribution < 1.29 is 9.59 Å². The number of rotatable bonds is 12. The van der Waals surface area contributed by atoms with Crippen LogP contribution in [0.1, 0.15) is 40.7 Å². The number of benzene rings is 3. The van der Waals surface area contributed by atoms with Gasteiger partial charge >= 0.3 is 0 Å². The molecule has 0 radical (unpaired) electrons. The van der Waals surface area contributed by atoms with E-state index in [1.54, 1.807) is 6.07 Å². The molecule has 0 unspecified atom stereocenters. The number of halogens is 1. The molecule has 190 valence electrons. The second-order valence-corrected chi connectivity index (χ2v) is 9.53. The second kappa shape index (κ2) is 13.1. The fourth-order valence-electron chi connectivity index (χ4n) is 3.96.